The quantitative estimate of drug-likeness (QED) is 0.852. The number of rotatable bonds is 7. The summed E-state index contributed by atoms with van der Waals surface area (Å²) in [5.74, 6) is 1.75. The van der Waals surface area contributed by atoms with E-state index in [-0.39, 0.29) is 11.7 Å². The van der Waals surface area contributed by atoms with Crippen molar-refractivity contribution in [3.63, 3.8) is 0 Å². The van der Waals surface area contributed by atoms with Gasteiger partial charge in [0, 0.05) is 12.0 Å². The van der Waals surface area contributed by atoms with Crippen LogP contribution in [0.4, 0.5) is 4.39 Å². The maximum absolute atomic E-state index is 13.6. The van der Waals surface area contributed by atoms with Gasteiger partial charge in [0.2, 0.25) is 0 Å². The van der Waals surface area contributed by atoms with Crippen LogP contribution in [0, 0.1) is 5.82 Å². The monoisotopic (exact) mass is 319 g/mol. The highest BCUT2D eigenvalue weighted by Gasteiger charge is 2.18. The van der Waals surface area contributed by atoms with Crippen LogP contribution in [0.1, 0.15) is 17.0 Å². The van der Waals surface area contributed by atoms with E-state index in [1.807, 2.05) is 18.2 Å². The lowest BCUT2D eigenvalue weighted by molar-refractivity contribution is 0.387. The molecule has 0 aromatic heterocycles. The lowest BCUT2D eigenvalue weighted by Gasteiger charge is -2.20. The average molecular weight is 319 g/mol. The molecule has 0 saturated heterocycles. The number of hydrogen-bond donors (Lipinski definition) is 1. The van der Waals surface area contributed by atoms with Crippen LogP contribution in [0.3, 0.4) is 0 Å². The summed E-state index contributed by atoms with van der Waals surface area (Å²) in [6, 6.07) is 10.1. The Bertz CT molecular complexity index is 661. The first-order valence-corrected chi connectivity index (χ1v) is 7.37. The molecule has 124 valence electrons. The molecule has 4 nitrogen and oxygen atoms in total. The first-order chi connectivity index (χ1) is 11.1. The lowest BCUT2D eigenvalue weighted by atomic mass is 9.90. The van der Waals surface area contributed by atoms with Crippen LogP contribution in [0.5, 0.6) is 17.2 Å². The highest BCUT2D eigenvalue weighted by atomic mass is 19.1. The first-order valence-electron chi connectivity index (χ1n) is 7.37. The van der Waals surface area contributed by atoms with Crippen molar-refractivity contribution in [2.75, 3.05) is 27.9 Å². The van der Waals surface area contributed by atoms with Gasteiger partial charge in [-0.15, -0.1) is 0 Å². The molecule has 2 aromatic carbocycles. The fourth-order valence-electron chi connectivity index (χ4n) is 2.65. The van der Waals surface area contributed by atoms with Crippen LogP contribution >= 0.6 is 0 Å². The fourth-order valence-corrected chi connectivity index (χ4v) is 2.65. The maximum atomic E-state index is 13.6. The van der Waals surface area contributed by atoms with Crippen molar-refractivity contribution in [3.05, 3.63) is 53.3 Å². The van der Waals surface area contributed by atoms with Crippen molar-refractivity contribution in [2.45, 2.75) is 12.3 Å². The van der Waals surface area contributed by atoms with Crippen molar-refractivity contribution in [3.8, 4) is 17.2 Å². The van der Waals surface area contributed by atoms with Crippen LogP contribution in [-0.2, 0) is 6.42 Å². The number of ether oxygens (including phenoxy) is 3. The minimum absolute atomic E-state index is 0.0217. The molecule has 2 N–H and O–H groups in total. The largest absolute Gasteiger partial charge is 0.497 e. The second-order valence-electron chi connectivity index (χ2n) is 5.20. The van der Waals surface area contributed by atoms with E-state index < -0.39 is 0 Å². The highest BCUT2D eigenvalue weighted by molar-refractivity contribution is 5.44. The van der Waals surface area contributed by atoms with Gasteiger partial charge in [0.15, 0.2) is 0 Å². The molecular weight excluding hydrogens is 297 g/mol. The molecule has 2 rings (SSSR count). The lowest BCUT2D eigenvalue weighted by Crippen LogP contribution is -2.16. The second-order valence-corrected chi connectivity index (χ2v) is 5.20. The number of halogens is 1. The van der Waals surface area contributed by atoms with Gasteiger partial charge in [0.25, 0.3) is 0 Å². The summed E-state index contributed by atoms with van der Waals surface area (Å²) in [4.78, 5) is 0. The Labute approximate surface area is 136 Å². The molecule has 23 heavy (non-hydrogen) atoms. The molecule has 1 unspecified atom stereocenters. The molecule has 0 fully saturated rings. The van der Waals surface area contributed by atoms with Crippen LogP contribution in [0.2, 0.25) is 0 Å². The Kier molecular flexibility index (Phi) is 5.82. The minimum atomic E-state index is -0.293. The Morgan fingerprint density at radius 2 is 1.70 bits per heavy atom. The Morgan fingerprint density at radius 3 is 2.30 bits per heavy atom. The summed E-state index contributed by atoms with van der Waals surface area (Å²) >= 11 is 0. The van der Waals surface area contributed by atoms with Crippen molar-refractivity contribution in [1.29, 1.82) is 0 Å². The Morgan fingerprint density at radius 1 is 0.957 bits per heavy atom. The molecular formula is C18H22FNO3. The Balaban J connectivity index is 2.35. The van der Waals surface area contributed by atoms with Gasteiger partial charge in [0.1, 0.15) is 23.1 Å². The molecule has 0 bridgehead atoms. The predicted molar refractivity (Wildman–Crippen MR) is 88.0 cm³/mol. The highest BCUT2D eigenvalue weighted by Crippen LogP contribution is 2.34. The topological polar surface area (TPSA) is 53.7 Å². The number of benzene rings is 2. The maximum Gasteiger partial charge on any atom is 0.126 e. The zero-order chi connectivity index (χ0) is 16.8. The van der Waals surface area contributed by atoms with Crippen LogP contribution in [0.25, 0.3) is 0 Å². The van der Waals surface area contributed by atoms with E-state index >= 15 is 0 Å². The summed E-state index contributed by atoms with van der Waals surface area (Å²) in [7, 11) is 4.78. The van der Waals surface area contributed by atoms with E-state index in [9.17, 15) is 4.39 Å². The molecule has 0 spiro atoms. The van der Waals surface area contributed by atoms with Gasteiger partial charge in [0.05, 0.1) is 21.3 Å². The van der Waals surface area contributed by atoms with Crippen molar-refractivity contribution < 1.29 is 18.6 Å². The summed E-state index contributed by atoms with van der Waals surface area (Å²) in [5.41, 5.74) is 7.69. The number of hydrogen-bond acceptors (Lipinski definition) is 4. The molecule has 5 heteroatoms. The van der Waals surface area contributed by atoms with Gasteiger partial charge in [-0.25, -0.2) is 4.39 Å². The van der Waals surface area contributed by atoms with E-state index in [1.54, 1.807) is 27.4 Å². The molecule has 0 aliphatic heterocycles. The normalized spacial score (nSPS) is 11.9. The Hall–Kier alpha value is -2.27. The molecule has 2 aromatic rings. The van der Waals surface area contributed by atoms with Gasteiger partial charge in [-0.2, -0.15) is 0 Å². The smallest absolute Gasteiger partial charge is 0.126 e. The van der Waals surface area contributed by atoms with Crippen LogP contribution in [-0.4, -0.2) is 27.9 Å². The second kappa shape index (κ2) is 7.83. The van der Waals surface area contributed by atoms with E-state index in [0.29, 0.717) is 30.2 Å². The van der Waals surface area contributed by atoms with Gasteiger partial charge >= 0.3 is 0 Å². The van der Waals surface area contributed by atoms with Crippen LogP contribution in [0.15, 0.2) is 36.4 Å². The summed E-state index contributed by atoms with van der Waals surface area (Å²) in [6.45, 7) is 0.405. The molecule has 0 radical (unpaired) electrons. The zero-order valence-corrected chi connectivity index (χ0v) is 13.6. The molecule has 1 atom stereocenters. The predicted octanol–water partition coefficient (Wildman–Crippen LogP) is 3.14. The van der Waals surface area contributed by atoms with E-state index in [1.165, 1.54) is 12.1 Å². The molecule has 0 aliphatic rings. The number of nitrogens with two attached hydrogens (primary N) is 1. The minimum Gasteiger partial charge on any atom is -0.497 e. The molecule has 0 heterocycles. The zero-order valence-electron chi connectivity index (χ0n) is 13.6. The van der Waals surface area contributed by atoms with Crippen molar-refractivity contribution in [2.24, 2.45) is 5.73 Å². The summed E-state index contributed by atoms with van der Waals surface area (Å²) < 4.78 is 29.5. The van der Waals surface area contributed by atoms with E-state index in [0.717, 1.165) is 11.1 Å². The average Bonchev–Trinajstić information content (AvgIpc) is 2.59. The molecule has 0 amide bonds. The first kappa shape index (κ1) is 17.1. The van der Waals surface area contributed by atoms with Gasteiger partial charge in [-0.3, -0.25) is 0 Å². The summed E-state index contributed by atoms with van der Waals surface area (Å²) in [5, 5.41) is 0. The van der Waals surface area contributed by atoms with Gasteiger partial charge < -0.3 is 19.9 Å². The van der Waals surface area contributed by atoms with E-state index in [4.69, 9.17) is 19.9 Å². The van der Waals surface area contributed by atoms with Crippen molar-refractivity contribution in [1.82, 2.24) is 0 Å². The van der Waals surface area contributed by atoms with E-state index in [2.05, 4.69) is 0 Å². The third kappa shape index (κ3) is 3.93. The molecule has 0 saturated carbocycles. The van der Waals surface area contributed by atoms with Gasteiger partial charge in [-0.05, 0) is 48.4 Å². The fraction of sp³-hybridized carbons (Fsp3) is 0.333. The van der Waals surface area contributed by atoms with Crippen molar-refractivity contribution >= 4 is 0 Å². The number of methoxy groups -OCH3 is 3. The van der Waals surface area contributed by atoms with Gasteiger partial charge in [-0.1, -0.05) is 6.07 Å². The third-order valence-corrected chi connectivity index (χ3v) is 3.87. The molecule has 0 aliphatic carbocycles. The third-order valence-electron chi connectivity index (χ3n) is 3.87. The van der Waals surface area contributed by atoms with Crippen LogP contribution < -0.4 is 19.9 Å². The SMILES string of the molecule is COc1ccc(C(CN)Cc2cc(F)ccc2OC)c(OC)c1. The summed E-state index contributed by atoms with van der Waals surface area (Å²) in [6.07, 6.45) is 0.556. The standard InChI is InChI=1S/C18H22FNO3/c1-21-15-5-6-16(18(10-15)23-3)13(11-20)8-12-9-14(19)4-7-17(12)22-2/h4-7,9-10,13H,8,11,20H2,1-3H3.